The van der Waals surface area contributed by atoms with Crippen LogP contribution >= 0.6 is 8.60 Å². The van der Waals surface area contributed by atoms with Crippen LogP contribution in [0.15, 0.2) is 35.9 Å². The zero-order valence-corrected chi connectivity index (χ0v) is 16.5. The molecule has 0 spiro atoms. The first-order valence-electron chi connectivity index (χ1n) is 8.65. The Morgan fingerprint density at radius 1 is 1.32 bits per heavy atom. The summed E-state index contributed by atoms with van der Waals surface area (Å²) in [5, 5.41) is 0. The van der Waals surface area contributed by atoms with Gasteiger partial charge >= 0.3 is 20.5 Å². The van der Waals surface area contributed by atoms with Gasteiger partial charge in [0.15, 0.2) is 0 Å². The van der Waals surface area contributed by atoms with E-state index >= 15 is 0 Å². The molecule has 10 heteroatoms. The Bertz CT molecular complexity index is 723. The zero-order valence-electron chi connectivity index (χ0n) is 15.6. The van der Waals surface area contributed by atoms with E-state index in [9.17, 15) is 9.59 Å². The molecule has 1 aromatic rings. The van der Waals surface area contributed by atoms with Crippen LogP contribution < -0.4 is 5.73 Å². The molecular formula is C18H24NO8P. The number of hydrogen-bond donors (Lipinski definition) is 3. The highest BCUT2D eigenvalue weighted by Crippen LogP contribution is 2.34. The first-order valence-corrected chi connectivity index (χ1v) is 9.82. The van der Waals surface area contributed by atoms with Crippen molar-refractivity contribution in [3.05, 3.63) is 41.5 Å². The van der Waals surface area contributed by atoms with Gasteiger partial charge in [-0.1, -0.05) is 18.2 Å². The third kappa shape index (κ3) is 6.54. The van der Waals surface area contributed by atoms with Crippen molar-refractivity contribution >= 4 is 26.2 Å². The molecule has 9 nitrogen and oxygen atoms in total. The highest BCUT2D eigenvalue weighted by molar-refractivity contribution is 7.39. The third-order valence-corrected chi connectivity index (χ3v) is 4.63. The van der Waals surface area contributed by atoms with Gasteiger partial charge in [-0.05, 0) is 26.0 Å². The quantitative estimate of drug-likeness (QED) is 0.265. The molecule has 1 heterocycles. The number of benzene rings is 1. The van der Waals surface area contributed by atoms with Crippen LogP contribution in [0, 0.1) is 0 Å². The molecule has 3 atom stereocenters. The molecule has 3 unspecified atom stereocenters. The first-order chi connectivity index (χ1) is 13.3. The monoisotopic (exact) mass is 413 g/mol. The van der Waals surface area contributed by atoms with Crippen molar-refractivity contribution in [3.8, 4) is 0 Å². The van der Waals surface area contributed by atoms with E-state index in [1.165, 1.54) is 6.07 Å². The van der Waals surface area contributed by atoms with Crippen LogP contribution in [0.5, 0.6) is 0 Å². The topological polar surface area (TPSA) is 138 Å². The van der Waals surface area contributed by atoms with Gasteiger partial charge in [0.2, 0.25) is 6.29 Å². The summed E-state index contributed by atoms with van der Waals surface area (Å²) in [6.45, 7) is 3.24. The molecule has 2 rings (SSSR count). The lowest BCUT2D eigenvalue weighted by Gasteiger charge is -2.34. The number of nitrogen functional groups attached to an aromatic ring is 1. The number of ether oxygens (including phenoxy) is 3. The van der Waals surface area contributed by atoms with Crippen LogP contribution in [0.3, 0.4) is 0 Å². The Morgan fingerprint density at radius 2 is 2.04 bits per heavy atom. The fraction of sp³-hybridized carbons (Fsp3) is 0.444. The number of rotatable bonds is 7. The van der Waals surface area contributed by atoms with Crippen LogP contribution in [0.4, 0.5) is 5.69 Å². The summed E-state index contributed by atoms with van der Waals surface area (Å²) in [5.41, 5.74) is 6.67. The first kappa shape index (κ1) is 22.3. The standard InChI is InChI=1S/C18H24NO8P/c1-3-11(2)17(20)24-10-13-8-12(27-28(22)23)9-16(25-13)26-18(21)14-6-4-5-7-15(14)19/h3-7,12-13,16,22-23H,8-10,19H2,1-2H3/b11-3+. The number of nitrogens with two attached hydrogens (primary N) is 1. The molecule has 1 aliphatic rings. The van der Waals surface area contributed by atoms with E-state index in [-0.39, 0.29) is 30.7 Å². The second-order valence-electron chi connectivity index (χ2n) is 6.20. The van der Waals surface area contributed by atoms with Crippen molar-refractivity contribution in [2.45, 2.75) is 45.2 Å². The van der Waals surface area contributed by atoms with Gasteiger partial charge in [-0.25, -0.2) is 9.59 Å². The Balaban J connectivity index is 2.02. The second kappa shape index (κ2) is 10.5. The van der Waals surface area contributed by atoms with Gasteiger partial charge in [-0.3, -0.25) is 0 Å². The molecule has 154 valence electrons. The Labute approximate surface area is 164 Å². The van der Waals surface area contributed by atoms with Crippen LogP contribution in [0.2, 0.25) is 0 Å². The summed E-state index contributed by atoms with van der Waals surface area (Å²) in [6, 6.07) is 6.43. The average molecular weight is 413 g/mol. The summed E-state index contributed by atoms with van der Waals surface area (Å²) < 4.78 is 21.3. The van der Waals surface area contributed by atoms with E-state index in [0.717, 1.165) is 0 Å². The van der Waals surface area contributed by atoms with Crippen LogP contribution in [-0.4, -0.2) is 46.8 Å². The van der Waals surface area contributed by atoms with Crippen molar-refractivity contribution in [2.75, 3.05) is 12.3 Å². The molecule has 0 bridgehead atoms. The fourth-order valence-electron chi connectivity index (χ4n) is 2.60. The smallest absolute Gasteiger partial charge is 0.342 e. The average Bonchev–Trinajstić information content (AvgIpc) is 2.65. The Morgan fingerprint density at radius 3 is 2.68 bits per heavy atom. The van der Waals surface area contributed by atoms with Gasteiger partial charge in [-0.15, -0.1) is 0 Å². The summed E-state index contributed by atoms with van der Waals surface area (Å²) in [7, 11) is -2.60. The zero-order chi connectivity index (χ0) is 20.7. The number of carbonyl (C=O) groups is 2. The minimum absolute atomic E-state index is 0.0940. The lowest BCUT2D eigenvalue weighted by molar-refractivity contribution is -0.200. The number of carbonyl (C=O) groups excluding carboxylic acids is 2. The van der Waals surface area contributed by atoms with Crippen molar-refractivity contribution in [2.24, 2.45) is 0 Å². The number of anilines is 1. The maximum absolute atomic E-state index is 12.4. The third-order valence-electron chi connectivity index (χ3n) is 4.14. The van der Waals surface area contributed by atoms with Crippen molar-refractivity contribution < 1.29 is 38.1 Å². The fourth-order valence-corrected chi connectivity index (χ4v) is 3.04. The van der Waals surface area contributed by atoms with Gasteiger partial charge in [0.05, 0.1) is 17.8 Å². The predicted octanol–water partition coefficient (Wildman–Crippen LogP) is 2.04. The highest BCUT2D eigenvalue weighted by atomic mass is 31.2. The van der Waals surface area contributed by atoms with Crippen molar-refractivity contribution in [1.29, 1.82) is 0 Å². The normalized spacial score (nSPS) is 22.8. The van der Waals surface area contributed by atoms with E-state index < -0.39 is 39.0 Å². The summed E-state index contributed by atoms with van der Waals surface area (Å²) in [6.07, 6.45) is -0.358. The molecule has 28 heavy (non-hydrogen) atoms. The molecule has 1 aromatic carbocycles. The summed E-state index contributed by atoms with van der Waals surface area (Å²) in [5.74, 6) is -1.18. The lowest BCUT2D eigenvalue weighted by Crippen LogP contribution is -2.41. The largest absolute Gasteiger partial charge is 0.460 e. The number of allylic oxidation sites excluding steroid dienone is 1. The molecule has 1 fully saturated rings. The van der Waals surface area contributed by atoms with E-state index in [1.807, 2.05) is 0 Å². The van der Waals surface area contributed by atoms with Gasteiger partial charge in [0, 0.05) is 24.1 Å². The second-order valence-corrected chi connectivity index (χ2v) is 6.92. The number of para-hydroxylation sites is 1. The molecule has 0 aromatic heterocycles. The molecule has 1 aliphatic heterocycles. The van der Waals surface area contributed by atoms with Gasteiger partial charge in [0.25, 0.3) is 0 Å². The van der Waals surface area contributed by atoms with E-state index in [1.54, 1.807) is 38.1 Å². The van der Waals surface area contributed by atoms with Crippen molar-refractivity contribution in [3.63, 3.8) is 0 Å². The van der Waals surface area contributed by atoms with E-state index in [0.29, 0.717) is 5.57 Å². The van der Waals surface area contributed by atoms with E-state index in [4.69, 9.17) is 34.3 Å². The van der Waals surface area contributed by atoms with Gasteiger partial charge in [-0.2, -0.15) is 0 Å². The van der Waals surface area contributed by atoms with Crippen LogP contribution in [-0.2, 0) is 23.5 Å². The Hall–Kier alpha value is -2.03. The molecule has 0 amide bonds. The highest BCUT2D eigenvalue weighted by Gasteiger charge is 2.35. The van der Waals surface area contributed by atoms with Crippen molar-refractivity contribution in [1.82, 2.24) is 0 Å². The van der Waals surface area contributed by atoms with E-state index in [2.05, 4.69) is 0 Å². The molecule has 0 saturated carbocycles. The SMILES string of the molecule is C/C=C(\C)C(=O)OCC1CC(OP(O)O)CC(OC(=O)c2ccccc2N)O1. The maximum atomic E-state index is 12.4. The minimum atomic E-state index is -2.60. The summed E-state index contributed by atoms with van der Waals surface area (Å²) >= 11 is 0. The minimum Gasteiger partial charge on any atom is -0.460 e. The molecular weight excluding hydrogens is 389 g/mol. The number of esters is 2. The van der Waals surface area contributed by atoms with Crippen LogP contribution in [0.25, 0.3) is 0 Å². The van der Waals surface area contributed by atoms with Crippen LogP contribution in [0.1, 0.15) is 37.0 Å². The molecule has 1 saturated heterocycles. The number of hydrogen-bond acceptors (Lipinski definition) is 9. The maximum Gasteiger partial charge on any atom is 0.342 e. The summed E-state index contributed by atoms with van der Waals surface area (Å²) in [4.78, 5) is 42.4. The molecule has 4 N–H and O–H groups in total. The Kier molecular flexibility index (Phi) is 8.35. The van der Waals surface area contributed by atoms with Gasteiger partial charge < -0.3 is 34.3 Å². The van der Waals surface area contributed by atoms with Gasteiger partial charge in [0.1, 0.15) is 6.61 Å². The molecule has 0 radical (unpaired) electrons. The predicted molar refractivity (Wildman–Crippen MR) is 101 cm³/mol. The molecule has 0 aliphatic carbocycles. The lowest BCUT2D eigenvalue weighted by atomic mass is 10.1.